The molecule has 0 radical (unpaired) electrons. The highest BCUT2D eigenvalue weighted by molar-refractivity contribution is 5.99. The van der Waals surface area contributed by atoms with E-state index in [2.05, 4.69) is 44.5 Å². The second-order valence-corrected chi connectivity index (χ2v) is 10.4. The molecule has 1 saturated heterocycles. The Kier molecular flexibility index (Phi) is 7.54. The van der Waals surface area contributed by atoms with Crippen molar-refractivity contribution in [2.45, 2.75) is 25.4 Å². The average molecular weight is 558 g/mol. The lowest BCUT2D eigenvalue weighted by molar-refractivity contribution is 0.0996. The van der Waals surface area contributed by atoms with E-state index >= 15 is 0 Å². The minimum Gasteiger partial charge on any atom is -0.367 e. The summed E-state index contributed by atoms with van der Waals surface area (Å²) in [5.74, 6) is -0.630. The standard InChI is InChI=1S/C33H28FN7O/c34-28-17-24-16-26(22-4-2-1-3-5-22)32(39-29(24)18-27(28)33(36)42)23-8-6-21(7-9-23)20-41-14-11-25(12-15-41)38-30-10-13-37-31(19-35)40-30/h1-10,13,16-18,25H,11-12,14-15,20H2,(H2,36,42)(H,37,38,40). The molecule has 2 aromatic heterocycles. The number of nitrogens with two attached hydrogens (primary N) is 1. The first-order valence-corrected chi connectivity index (χ1v) is 13.8. The Morgan fingerprint density at radius 2 is 1.76 bits per heavy atom. The van der Waals surface area contributed by atoms with Crippen LogP contribution >= 0.6 is 0 Å². The fourth-order valence-electron chi connectivity index (χ4n) is 5.40. The minimum atomic E-state index is -0.823. The molecule has 6 rings (SSSR count). The third-order valence-corrected chi connectivity index (χ3v) is 7.58. The molecule has 5 aromatic rings. The predicted octanol–water partition coefficient (Wildman–Crippen LogP) is 5.54. The minimum absolute atomic E-state index is 0.167. The van der Waals surface area contributed by atoms with Crippen LogP contribution in [0.1, 0.15) is 34.6 Å². The summed E-state index contributed by atoms with van der Waals surface area (Å²) in [6.45, 7) is 2.72. The van der Waals surface area contributed by atoms with E-state index in [9.17, 15) is 9.18 Å². The number of rotatable bonds is 7. The first-order chi connectivity index (χ1) is 20.5. The van der Waals surface area contributed by atoms with Crippen LogP contribution in [0, 0.1) is 17.1 Å². The molecule has 3 N–H and O–H groups in total. The number of hydrogen-bond donors (Lipinski definition) is 2. The maximum absolute atomic E-state index is 14.6. The van der Waals surface area contributed by atoms with Crippen molar-refractivity contribution in [2.75, 3.05) is 18.4 Å². The van der Waals surface area contributed by atoms with E-state index in [1.807, 2.05) is 42.5 Å². The van der Waals surface area contributed by atoms with Gasteiger partial charge in [0.1, 0.15) is 17.7 Å². The van der Waals surface area contributed by atoms with Gasteiger partial charge in [-0.3, -0.25) is 9.69 Å². The van der Waals surface area contributed by atoms with Gasteiger partial charge in [0.25, 0.3) is 5.91 Å². The van der Waals surface area contributed by atoms with E-state index in [0.717, 1.165) is 54.9 Å². The highest BCUT2D eigenvalue weighted by Gasteiger charge is 2.20. The van der Waals surface area contributed by atoms with E-state index in [1.54, 1.807) is 12.3 Å². The maximum atomic E-state index is 14.6. The molecule has 0 spiro atoms. The summed E-state index contributed by atoms with van der Waals surface area (Å²) >= 11 is 0. The van der Waals surface area contributed by atoms with Gasteiger partial charge in [-0.2, -0.15) is 5.26 Å². The van der Waals surface area contributed by atoms with Crippen LogP contribution in [0.4, 0.5) is 10.2 Å². The molecule has 1 aliphatic rings. The van der Waals surface area contributed by atoms with Crippen LogP contribution in [0.25, 0.3) is 33.3 Å². The van der Waals surface area contributed by atoms with Gasteiger partial charge in [-0.05, 0) is 48.2 Å². The van der Waals surface area contributed by atoms with Crippen molar-refractivity contribution < 1.29 is 9.18 Å². The third kappa shape index (κ3) is 5.80. The summed E-state index contributed by atoms with van der Waals surface area (Å²) in [4.78, 5) is 27.2. The normalized spacial score (nSPS) is 14.0. The Balaban J connectivity index is 1.20. The summed E-state index contributed by atoms with van der Waals surface area (Å²) in [7, 11) is 0. The zero-order chi connectivity index (χ0) is 29.1. The van der Waals surface area contributed by atoms with Crippen LogP contribution in [0.15, 0.2) is 85.1 Å². The molecule has 1 aliphatic heterocycles. The molecular weight excluding hydrogens is 529 g/mol. The lowest BCUT2D eigenvalue weighted by Crippen LogP contribution is -2.38. The van der Waals surface area contributed by atoms with E-state index < -0.39 is 11.7 Å². The van der Waals surface area contributed by atoms with E-state index in [0.29, 0.717) is 22.8 Å². The first kappa shape index (κ1) is 27.0. The van der Waals surface area contributed by atoms with Gasteiger partial charge in [-0.15, -0.1) is 0 Å². The van der Waals surface area contributed by atoms with Gasteiger partial charge < -0.3 is 11.1 Å². The van der Waals surface area contributed by atoms with E-state index in [4.69, 9.17) is 16.0 Å². The number of nitriles is 1. The number of fused-ring (bicyclic) bond motifs is 1. The smallest absolute Gasteiger partial charge is 0.251 e. The van der Waals surface area contributed by atoms with E-state index in [-0.39, 0.29) is 11.4 Å². The van der Waals surface area contributed by atoms with Crippen molar-refractivity contribution in [3.8, 4) is 28.5 Å². The van der Waals surface area contributed by atoms with Crippen LogP contribution in [0.2, 0.25) is 0 Å². The van der Waals surface area contributed by atoms with Crippen LogP contribution in [0.3, 0.4) is 0 Å². The molecule has 0 bridgehead atoms. The lowest BCUT2D eigenvalue weighted by atomic mass is 9.96. The Hall–Kier alpha value is -5.20. The quantitative estimate of drug-likeness (QED) is 0.269. The summed E-state index contributed by atoms with van der Waals surface area (Å²) in [6, 6.07) is 26.9. The van der Waals surface area contributed by atoms with Crippen molar-refractivity contribution in [2.24, 2.45) is 5.73 Å². The van der Waals surface area contributed by atoms with Crippen molar-refractivity contribution in [3.05, 3.63) is 108 Å². The number of hydrogen-bond acceptors (Lipinski definition) is 7. The molecule has 9 heteroatoms. The highest BCUT2D eigenvalue weighted by atomic mass is 19.1. The summed E-state index contributed by atoms with van der Waals surface area (Å²) in [5, 5.41) is 13.1. The zero-order valence-electron chi connectivity index (χ0n) is 22.8. The molecule has 0 unspecified atom stereocenters. The number of primary amides is 1. The molecule has 0 aliphatic carbocycles. The van der Waals surface area contributed by atoms with E-state index in [1.165, 1.54) is 17.7 Å². The molecule has 0 saturated carbocycles. The third-order valence-electron chi connectivity index (χ3n) is 7.58. The van der Waals surface area contributed by atoms with Gasteiger partial charge in [0.15, 0.2) is 0 Å². The summed E-state index contributed by atoms with van der Waals surface area (Å²) < 4.78 is 14.6. The monoisotopic (exact) mass is 557 g/mol. The van der Waals surface area contributed by atoms with Gasteiger partial charge in [0.2, 0.25) is 5.82 Å². The Bertz CT molecular complexity index is 1790. The first-order valence-electron chi connectivity index (χ1n) is 13.8. The van der Waals surface area contributed by atoms with Gasteiger partial charge in [-0.25, -0.2) is 19.3 Å². The summed E-state index contributed by atoms with van der Waals surface area (Å²) in [6.07, 6.45) is 3.54. The van der Waals surface area contributed by atoms with Crippen molar-refractivity contribution in [1.82, 2.24) is 19.9 Å². The second-order valence-electron chi connectivity index (χ2n) is 10.4. The number of nitrogens with zero attached hydrogens (tertiary/aromatic N) is 5. The molecule has 8 nitrogen and oxygen atoms in total. The Morgan fingerprint density at radius 3 is 2.48 bits per heavy atom. The van der Waals surface area contributed by atoms with Gasteiger partial charge in [-0.1, -0.05) is 54.6 Å². The van der Waals surface area contributed by atoms with Crippen LogP contribution in [-0.4, -0.2) is 44.9 Å². The number of benzene rings is 3. The number of carbonyl (C=O) groups is 1. The van der Waals surface area contributed by atoms with Crippen molar-refractivity contribution in [3.63, 3.8) is 0 Å². The predicted molar refractivity (Wildman–Crippen MR) is 160 cm³/mol. The molecule has 0 atom stereocenters. The number of amides is 1. The summed E-state index contributed by atoms with van der Waals surface area (Å²) in [5.41, 5.74) is 10.4. The second kappa shape index (κ2) is 11.7. The van der Waals surface area contributed by atoms with Crippen molar-refractivity contribution in [1.29, 1.82) is 5.26 Å². The molecule has 42 heavy (non-hydrogen) atoms. The molecular formula is C33H28FN7O. The zero-order valence-corrected chi connectivity index (χ0v) is 22.8. The molecule has 3 heterocycles. The number of anilines is 1. The topological polar surface area (TPSA) is 121 Å². The largest absolute Gasteiger partial charge is 0.367 e. The fourth-order valence-corrected chi connectivity index (χ4v) is 5.40. The SMILES string of the molecule is N#Cc1nccc(NC2CCN(Cc3ccc(-c4nc5cc(C(N)=O)c(F)cc5cc4-c4ccccc4)cc3)CC2)n1. The van der Waals surface area contributed by atoms with Gasteiger partial charge in [0, 0.05) is 48.4 Å². The lowest BCUT2D eigenvalue weighted by Gasteiger charge is -2.32. The number of piperidine rings is 1. The fraction of sp³-hybridized carbons (Fsp3) is 0.182. The van der Waals surface area contributed by atoms with Crippen LogP contribution in [0.5, 0.6) is 0 Å². The number of carbonyl (C=O) groups excluding carboxylic acids is 1. The van der Waals surface area contributed by atoms with Crippen LogP contribution in [-0.2, 0) is 6.54 Å². The number of aromatic nitrogens is 3. The van der Waals surface area contributed by atoms with Gasteiger partial charge >= 0.3 is 0 Å². The number of halogens is 1. The van der Waals surface area contributed by atoms with Crippen LogP contribution < -0.4 is 11.1 Å². The Morgan fingerprint density at radius 1 is 1.00 bits per heavy atom. The van der Waals surface area contributed by atoms with Crippen molar-refractivity contribution >= 4 is 22.6 Å². The number of likely N-dealkylation sites (tertiary alicyclic amines) is 1. The molecule has 208 valence electrons. The molecule has 3 aromatic carbocycles. The number of pyridine rings is 1. The molecule has 1 amide bonds. The van der Waals surface area contributed by atoms with Gasteiger partial charge in [0.05, 0.1) is 16.8 Å². The maximum Gasteiger partial charge on any atom is 0.251 e. The molecule has 1 fully saturated rings. The number of nitrogens with one attached hydrogen (secondary N) is 1. The highest BCUT2D eigenvalue weighted by Crippen LogP contribution is 2.34. The Labute approximate surface area is 242 Å². The average Bonchev–Trinajstić information content (AvgIpc) is 3.02.